The molecule has 0 aliphatic heterocycles. The third kappa shape index (κ3) is 3.23. The Morgan fingerprint density at radius 2 is 1.44 bits per heavy atom. The Morgan fingerprint density at radius 1 is 0.815 bits per heavy atom. The fraction of sp³-hybridized carbons (Fsp3) is 0.250. The Hall–Kier alpha value is -3.35. The number of aromatic hydroxyl groups is 1. The molecule has 3 rings (SSSR count). The molecule has 0 saturated carbocycles. The molecule has 0 radical (unpaired) electrons. The lowest BCUT2D eigenvalue weighted by atomic mass is 10.0. The molecule has 1 N–H and O–H groups in total. The molecule has 0 amide bonds. The zero-order valence-electron chi connectivity index (χ0n) is 15.9. The highest BCUT2D eigenvalue weighted by Crippen LogP contribution is 2.43. The van der Waals surface area contributed by atoms with E-state index in [0.29, 0.717) is 23.0 Å². The van der Waals surface area contributed by atoms with Gasteiger partial charge in [-0.15, -0.1) is 0 Å². The quantitative estimate of drug-likeness (QED) is 0.716. The molecule has 1 aromatic heterocycles. The van der Waals surface area contributed by atoms with Crippen molar-refractivity contribution in [1.82, 2.24) is 9.78 Å². The molecule has 0 aliphatic rings. The first-order chi connectivity index (χ1) is 13.0. The summed E-state index contributed by atoms with van der Waals surface area (Å²) < 4.78 is 23.2. The predicted molar refractivity (Wildman–Crippen MR) is 102 cm³/mol. The van der Waals surface area contributed by atoms with E-state index in [-0.39, 0.29) is 5.75 Å². The van der Waals surface area contributed by atoms with Crippen molar-refractivity contribution in [3.05, 3.63) is 36.5 Å². The van der Waals surface area contributed by atoms with Crippen LogP contribution in [-0.2, 0) is 7.05 Å². The number of hydrogen-bond acceptors (Lipinski definition) is 6. The molecule has 7 heteroatoms. The number of aryl methyl sites for hydroxylation is 1. The molecule has 0 bridgehead atoms. The highest BCUT2D eigenvalue weighted by Gasteiger charge is 2.19. The van der Waals surface area contributed by atoms with Crippen LogP contribution in [0.25, 0.3) is 22.4 Å². The van der Waals surface area contributed by atoms with Gasteiger partial charge in [0, 0.05) is 18.2 Å². The van der Waals surface area contributed by atoms with Gasteiger partial charge < -0.3 is 24.1 Å². The van der Waals surface area contributed by atoms with Crippen LogP contribution in [0.5, 0.6) is 28.7 Å². The molecule has 0 spiro atoms. The zero-order valence-corrected chi connectivity index (χ0v) is 15.9. The van der Waals surface area contributed by atoms with Crippen molar-refractivity contribution in [3.63, 3.8) is 0 Å². The van der Waals surface area contributed by atoms with Crippen LogP contribution in [0.3, 0.4) is 0 Å². The predicted octanol–water partition coefficient (Wildman–Crippen LogP) is 3.49. The molecule has 0 fully saturated rings. The number of benzene rings is 2. The van der Waals surface area contributed by atoms with Gasteiger partial charge in [0.2, 0.25) is 5.75 Å². The molecule has 7 nitrogen and oxygen atoms in total. The molecule has 3 aromatic rings. The third-order valence-electron chi connectivity index (χ3n) is 4.37. The number of phenols is 1. The summed E-state index contributed by atoms with van der Waals surface area (Å²) in [5.74, 6) is 2.11. The molecule has 2 aromatic carbocycles. The Kier molecular flexibility index (Phi) is 5.12. The van der Waals surface area contributed by atoms with Gasteiger partial charge in [-0.3, -0.25) is 4.68 Å². The molecule has 142 valence electrons. The van der Waals surface area contributed by atoms with Gasteiger partial charge in [0.1, 0.15) is 0 Å². The number of methoxy groups -OCH3 is 4. The van der Waals surface area contributed by atoms with Gasteiger partial charge in [-0.05, 0) is 29.8 Å². The lowest BCUT2D eigenvalue weighted by molar-refractivity contribution is 0.324. The summed E-state index contributed by atoms with van der Waals surface area (Å²) in [7, 11) is 8.08. The van der Waals surface area contributed by atoms with E-state index in [1.807, 2.05) is 25.2 Å². The Morgan fingerprint density at radius 3 is 1.96 bits per heavy atom. The number of aromatic nitrogens is 2. The Balaban J connectivity index is 2.19. The van der Waals surface area contributed by atoms with Crippen LogP contribution in [0.15, 0.2) is 36.5 Å². The fourth-order valence-electron chi connectivity index (χ4n) is 3.07. The standard InChI is InChI=1S/C20H22N2O5/c1-22-19(13-9-17(25-3)20(27-5)18(10-13)26-4)14(11-21-22)12-6-7-16(24-2)15(23)8-12/h6-11,23H,1-5H3. The van der Waals surface area contributed by atoms with E-state index < -0.39 is 0 Å². The number of ether oxygens (including phenoxy) is 4. The normalized spacial score (nSPS) is 10.6. The topological polar surface area (TPSA) is 75.0 Å². The third-order valence-corrected chi connectivity index (χ3v) is 4.37. The Labute approximate surface area is 157 Å². The number of nitrogens with zero attached hydrogens (tertiary/aromatic N) is 2. The van der Waals surface area contributed by atoms with E-state index in [1.54, 1.807) is 44.3 Å². The van der Waals surface area contributed by atoms with Gasteiger partial charge in [0.25, 0.3) is 0 Å². The van der Waals surface area contributed by atoms with Crippen molar-refractivity contribution in [2.45, 2.75) is 0 Å². The SMILES string of the molecule is COc1ccc(-c2cnn(C)c2-c2cc(OC)c(OC)c(OC)c2)cc1O. The highest BCUT2D eigenvalue weighted by atomic mass is 16.5. The molecule has 1 heterocycles. The van der Waals surface area contributed by atoms with Crippen molar-refractivity contribution in [3.8, 4) is 51.1 Å². The van der Waals surface area contributed by atoms with E-state index in [0.717, 1.165) is 22.4 Å². The second-order valence-corrected chi connectivity index (χ2v) is 5.83. The average Bonchev–Trinajstić information content (AvgIpc) is 3.08. The highest BCUT2D eigenvalue weighted by molar-refractivity contribution is 5.83. The monoisotopic (exact) mass is 370 g/mol. The maximum Gasteiger partial charge on any atom is 0.203 e. The van der Waals surface area contributed by atoms with Gasteiger partial charge in [-0.25, -0.2) is 0 Å². The average molecular weight is 370 g/mol. The van der Waals surface area contributed by atoms with Crippen molar-refractivity contribution < 1.29 is 24.1 Å². The zero-order chi connectivity index (χ0) is 19.6. The van der Waals surface area contributed by atoms with Gasteiger partial charge >= 0.3 is 0 Å². The molecule has 0 unspecified atom stereocenters. The maximum absolute atomic E-state index is 10.1. The van der Waals surface area contributed by atoms with Crippen molar-refractivity contribution in [1.29, 1.82) is 0 Å². The van der Waals surface area contributed by atoms with E-state index >= 15 is 0 Å². The number of rotatable bonds is 6. The summed E-state index contributed by atoms with van der Waals surface area (Å²) >= 11 is 0. The van der Waals surface area contributed by atoms with E-state index in [9.17, 15) is 5.11 Å². The lowest BCUT2D eigenvalue weighted by Crippen LogP contribution is -1.99. The van der Waals surface area contributed by atoms with Crippen LogP contribution < -0.4 is 18.9 Å². The van der Waals surface area contributed by atoms with Gasteiger partial charge in [0.05, 0.1) is 40.3 Å². The lowest BCUT2D eigenvalue weighted by Gasteiger charge is -2.15. The molecule has 0 aliphatic carbocycles. The maximum atomic E-state index is 10.1. The van der Waals surface area contributed by atoms with Crippen LogP contribution in [0.2, 0.25) is 0 Å². The summed E-state index contributed by atoms with van der Waals surface area (Å²) in [5.41, 5.74) is 3.35. The fourth-order valence-corrected chi connectivity index (χ4v) is 3.07. The van der Waals surface area contributed by atoms with Gasteiger partial charge in [-0.2, -0.15) is 5.10 Å². The summed E-state index contributed by atoms with van der Waals surface area (Å²) in [6, 6.07) is 8.97. The van der Waals surface area contributed by atoms with E-state index in [1.165, 1.54) is 7.11 Å². The Bertz CT molecular complexity index is 940. The first-order valence-electron chi connectivity index (χ1n) is 8.23. The van der Waals surface area contributed by atoms with Crippen LogP contribution in [-0.4, -0.2) is 43.3 Å². The second-order valence-electron chi connectivity index (χ2n) is 5.83. The number of hydrogen-bond donors (Lipinski definition) is 1. The van der Waals surface area contributed by atoms with E-state index in [4.69, 9.17) is 18.9 Å². The summed E-state index contributed by atoms with van der Waals surface area (Å²) in [6.07, 6.45) is 1.75. The summed E-state index contributed by atoms with van der Waals surface area (Å²) in [4.78, 5) is 0. The number of phenolic OH excluding ortho intramolecular Hbond substituents is 1. The minimum Gasteiger partial charge on any atom is -0.504 e. The molecule has 0 atom stereocenters. The molecular formula is C20H22N2O5. The second kappa shape index (κ2) is 7.49. The summed E-state index contributed by atoms with van der Waals surface area (Å²) in [5, 5.41) is 14.5. The minimum atomic E-state index is 0.0645. The molecule has 27 heavy (non-hydrogen) atoms. The van der Waals surface area contributed by atoms with Crippen LogP contribution in [0.4, 0.5) is 0 Å². The van der Waals surface area contributed by atoms with Crippen molar-refractivity contribution in [2.24, 2.45) is 7.05 Å². The minimum absolute atomic E-state index is 0.0645. The summed E-state index contributed by atoms with van der Waals surface area (Å²) in [6.45, 7) is 0. The van der Waals surface area contributed by atoms with E-state index in [2.05, 4.69) is 5.10 Å². The van der Waals surface area contributed by atoms with Gasteiger partial charge in [-0.1, -0.05) is 6.07 Å². The van der Waals surface area contributed by atoms with Crippen LogP contribution in [0, 0.1) is 0 Å². The first kappa shape index (κ1) is 18.4. The smallest absolute Gasteiger partial charge is 0.203 e. The molecule has 0 saturated heterocycles. The first-order valence-corrected chi connectivity index (χ1v) is 8.23. The van der Waals surface area contributed by atoms with Crippen LogP contribution in [0.1, 0.15) is 0 Å². The van der Waals surface area contributed by atoms with Crippen molar-refractivity contribution in [2.75, 3.05) is 28.4 Å². The van der Waals surface area contributed by atoms with Crippen LogP contribution >= 0.6 is 0 Å². The van der Waals surface area contributed by atoms with Gasteiger partial charge in [0.15, 0.2) is 23.0 Å². The van der Waals surface area contributed by atoms with Crippen molar-refractivity contribution >= 4 is 0 Å². The largest absolute Gasteiger partial charge is 0.504 e. The molecular weight excluding hydrogens is 348 g/mol.